The smallest absolute Gasteiger partial charge is 0.220 e. The maximum atomic E-state index is 10.2. The van der Waals surface area contributed by atoms with Crippen molar-refractivity contribution in [2.75, 3.05) is 6.54 Å². The van der Waals surface area contributed by atoms with Gasteiger partial charge in [-0.05, 0) is 6.92 Å². The molecule has 0 unspecified atom stereocenters. The van der Waals surface area contributed by atoms with E-state index in [1.54, 1.807) is 6.07 Å². The van der Waals surface area contributed by atoms with Gasteiger partial charge >= 0.3 is 0 Å². The lowest BCUT2D eigenvalue weighted by Crippen LogP contribution is -2.21. The Morgan fingerprint density at radius 1 is 1.88 bits per heavy atom. The van der Waals surface area contributed by atoms with Crippen molar-refractivity contribution in [2.45, 2.75) is 6.42 Å². The molecule has 0 spiro atoms. The lowest BCUT2D eigenvalue weighted by molar-refractivity contribution is -0.120. The molecule has 3 nitrogen and oxygen atoms in total. The van der Waals surface area contributed by atoms with Gasteiger partial charge < -0.3 is 5.32 Å². The summed E-state index contributed by atoms with van der Waals surface area (Å²) in [5, 5.41) is 10.2. The second kappa shape index (κ2) is 4.13. The van der Waals surface area contributed by atoms with Gasteiger partial charge in [0.15, 0.2) is 0 Å². The third-order valence-corrected chi connectivity index (χ3v) is 0.592. The highest BCUT2D eigenvalue weighted by molar-refractivity contribution is 5.76. The summed E-state index contributed by atoms with van der Waals surface area (Å²) in [5.41, 5.74) is 0. The van der Waals surface area contributed by atoms with Crippen molar-refractivity contribution in [3.8, 4) is 6.07 Å². The number of amides is 1. The molecule has 0 saturated heterocycles. The largest absolute Gasteiger partial charge is 0.343 e. The molecular weight excluding hydrogens is 104 g/mol. The standard InChI is InChI=1S/C5H7N2O/c1-2-5(8)7-4-3-6/h1-2,4H2,(H,7,8). The first-order chi connectivity index (χ1) is 3.81. The van der Waals surface area contributed by atoms with E-state index in [4.69, 9.17) is 5.26 Å². The van der Waals surface area contributed by atoms with E-state index in [0.29, 0.717) is 0 Å². The molecule has 0 heterocycles. The minimum Gasteiger partial charge on any atom is -0.343 e. The number of carbonyl (C=O) groups is 1. The zero-order valence-electron chi connectivity index (χ0n) is 4.48. The molecular formula is C5H7N2O. The molecule has 0 fully saturated rings. The van der Waals surface area contributed by atoms with Crippen LogP contribution in [0.1, 0.15) is 6.42 Å². The third kappa shape index (κ3) is 3.16. The fourth-order valence-corrected chi connectivity index (χ4v) is 0.227. The molecule has 8 heavy (non-hydrogen) atoms. The van der Waals surface area contributed by atoms with Crippen molar-refractivity contribution in [1.82, 2.24) is 5.32 Å². The van der Waals surface area contributed by atoms with E-state index in [-0.39, 0.29) is 18.9 Å². The molecule has 0 bridgehead atoms. The number of hydrogen-bond acceptors (Lipinski definition) is 2. The zero-order chi connectivity index (χ0) is 6.41. The minimum absolute atomic E-state index is 0.0777. The van der Waals surface area contributed by atoms with Crippen molar-refractivity contribution >= 4 is 5.91 Å². The van der Waals surface area contributed by atoms with Gasteiger partial charge in [0.1, 0.15) is 6.54 Å². The Morgan fingerprint density at radius 2 is 2.50 bits per heavy atom. The average molecular weight is 111 g/mol. The van der Waals surface area contributed by atoms with Crippen LogP contribution in [0, 0.1) is 18.3 Å². The van der Waals surface area contributed by atoms with E-state index >= 15 is 0 Å². The van der Waals surface area contributed by atoms with Crippen LogP contribution in [0.25, 0.3) is 0 Å². The lowest BCUT2D eigenvalue weighted by atomic mass is 10.4. The maximum Gasteiger partial charge on any atom is 0.220 e. The summed E-state index contributed by atoms with van der Waals surface area (Å²) in [5.74, 6) is -0.188. The molecule has 0 atom stereocenters. The molecule has 0 rings (SSSR count). The van der Waals surface area contributed by atoms with Gasteiger partial charge in [-0.25, -0.2) is 0 Å². The van der Waals surface area contributed by atoms with Crippen molar-refractivity contribution in [3.05, 3.63) is 6.92 Å². The van der Waals surface area contributed by atoms with Crippen LogP contribution in [0.15, 0.2) is 0 Å². The van der Waals surface area contributed by atoms with Crippen LogP contribution < -0.4 is 5.32 Å². The van der Waals surface area contributed by atoms with E-state index in [2.05, 4.69) is 12.2 Å². The van der Waals surface area contributed by atoms with Gasteiger partial charge in [0.2, 0.25) is 5.91 Å². The van der Waals surface area contributed by atoms with Gasteiger partial charge in [0.05, 0.1) is 6.07 Å². The summed E-state index contributed by atoms with van der Waals surface area (Å²) >= 11 is 0. The predicted molar refractivity (Wildman–Crippen MR) is 28.6 cm³/mol. The third-order valence-electron chi connectivity index (χ3n) is 0.592. The van der Waals surface area contributed by atoms with Gasteiger partial charge in [-0.3, -0.25) is 4.79 Å². The van der Waals surface area contributed by atoms with Crippen molar-refractivity contribution in [2.24, 2.45) is 0 Å². The first-order valence-corrected chi connectivity index (χ1v) is 2.24. The van der Waals surface area contributed by atoms with Gasteiger partial charge in [-0.1, -0.05) is 0 Å². The van der Waals surface area contributed by atoms with Crippen LogP contribution in [-0.4, -0.2) is 12.5 Å². The topological polar surface area (TPSA) is 52.9 Å². The van der Waals surface area contributed by atoms with Crippen LogP contribution in [-0.2, 0) is 4.79 Å². The molecule has 1 amide bonds. The fraction of sp³-hybridized carbons (Fsp3) is 0.400. The minimum atomic E-state index is -0.188. The van der Waals surface area contributed by atoms with Crippen LogP contribution in [0.3, 0.4) is 0 Å². The van der Waals surface area contributed by atoms with Gasteiger partial charge in [-0.2, -0.15) is 5.26 Å². The zero-order valence-corrected chi connectivity index (χ0v) is 4.48. The Balaban J connectivity index is 3.15. The highest BCUT2D eigenvalue weighted by atomic mass is 16.1. The summed E-state index contributed by atoms with van der Waals surface area (Å²) in [6.07, 6.45) is 0.196. The quantitative estimate of drug-likeness (QED) is 0.504. The summed E-state index contributed by atoms with van der Waals surface area (Å²) in [6, 6.07) is 1.77. The predicted octanol–water partition coefficient (Wildman–Crippen LogP) is -0.150. The second-order valence-corrected chi connectivity index (χ2v) is 1.18. The second-order valence-electron chi connectivity index (χ2n) is 1.18. The lowest BCUT2D eigenvalue weighted by Gasteiger charge is -1.92. The maximum absolute atomic E-state index is 10.2. The molecule has 1 N–H and O–H groups in total. The highest BCUT2D eigenvalue weighted by Crippen LogP contribution is 1.70. The number of nitrogens with one attached hydrogen (secondary N) is 1. The number of carbonyl (C=O) groups excluding carboxylic acids is 1. The van der Waals surface area contributed by atoms with Gasteiger partial charge in [0, 0.05) is 6.42 Å². The molecule has 0 aromatic heterocycles. The summed E-state index contributed by atoms with van der Waals surface area (Å²) in [7, 11) is 0. The van der Waals surface area contributed by atoms with Crippen LogP contribution in [0.5, 0.6) is 0 Å². The Hall–Kier alpha value is -1.04. The number of hydrogen-bond donors (Lipinski definition) is 1. The number of rotatable bonds is 2. The average Bonchev–Trinajstić information content (AvgIpc) is 1.83. The van der Waals surface area contributed by atoms with Crippen LogP contribution in [0.4, 0.5) is 0 Å². The van der Waals surface area contributed by atoms with E-state index in [1.807, 2.05) is 0 Å². The van der Waals surface area contributed by atoms with Gasteiger partial charge in [-0.15, -0.1) is 0 Å². The summed E-state index contributed by atoms with van der Waals surface area (Å²) < 4.78 is 0. The Kier molecular flexibility index (Phi) is 3.59. The van der Waals surface area contributed by atoms with Crippen LogP contribution in [0.2, 0.25) is 0 Å². The fourth-order valence-electron chi connectivity index (χ4n) is 0.227. The Bertz CT molecular complexity index is 114. The molecule has 0 saturated carbocycles. The van der Waals surface area contributed by atoms with Crippen molar-refractivity contribution < 1.29 is 4.79 Å². The number of nitriles is 1. The van der Waals surface area contributed by atoms with E-state index in [9.17, 15) is 4.79 Å². The first kappa shape index (κ1) is 6.96. The summed E-state index contributed by atoms with van der Waals surface area (Å²) in [4.78, 5) is 10.2. The van der Waals surface area contributed by atoms with Crippen LogP contribution >= 0.6 is 0 Å². The molecule has 0 aliphatic rings. The normalized spacial score (nSPS) is 7.50. The van der Waals surface area contributed by atoms with Gasteiger partial charge in [0.25, 0.3) is 0 Å². The SMILES string of the molecule is [CH2]CC(=O)NCC#N. The molecule has 0 aliphatic heterocycles. The molecule has 0 aromatic rings. The van der Waals surface area contributed by atoms with E-state index in [1.165, 1.54) is 0 Å². The first-order valence-electron chi connectivity index (χ1n) is 2.24. The molecule has 0 aromatic carbocycles. The highest BCUT2D eigenvalue weighted by Gasteiger charge is 1.90. The monoisotopic (exact) mass is 111 g/mol. The number of nitrogens with zero attached hydrogens (tertiary/aromatic N) is 1. The van der Waals surface area contributed by atoms with Crippen molar-refractivity contribution in [1.29, 1.82) is 5.26 Å². The Labute approximate surface area is 48.3 Å². The van der Waals surface area contributed by atoms with Crippen molar-refractivity contribution in [3.63, 3.8) is 0 Å². The molecule has 1 radical (unpaired) electrons. The van der Waals surface area contributed by atoms with E-state index < -0.39 is 0 Å². The summed E-state index contributed by atoms with van der Waals surface area (Å²) in [6.45, 7) is 3.39. The Morgan fingerprint density at radius 3 is 2.88 bits per heavy atom. The van der Waals surface area contributed by atoms with E-state index in [0.717, 1.165) is 0 Å². The molecule has 3 heteroatoms. The molecule has 43 valence electrons. The molecule has 0 aliphatic carbocycles.